The van der Waals surface area contributed by atoms with Gasteiger partial charge in [0.1, 0.15) is 5.82 Å². The Balaban J connectivity index is 2.53. The van der Waals surface area contributed by atoms with E-state index in [2.05, 4.69) is 13.8 Å². The van der Waals surface area contributed by atoms with E-state index in [1.54, 1.807) is 6.07 Å². The molecule has 0 aliphatic carbocycles. The summed E-state index contributed by atoms with van der Waals surface area (Å²) < 4.78 is 18.2. The zero-order valence-electron chi connectivity index (χ0n) is 8.59. The molecule has 0 radical (unpaired) electrons. The Morgan fingerprint density at radius 3 is 2.79 bits per heavy atom. The van der Waals surface area contributed by atoms with Gasteiger partial charge in [0.2, 0.25) is 0 Å². The molecule has 0 saturated heterocycles. The second-order valence-corrected chi connectivity index (χ2v) is 3.75. The number of nitrogen functional groups attached to an aromatic ring is 1. The summed E-state index contributed by atoms with van der Waals surface area (Å²) >= 11 is 0. The van der Waals surface area contributed by atoms with Crippen molar-refractivity contribution < 1.29 is 9.13 Å². The van der Waals surface area contributed by atoms with Crippen molar-refractivity contribution in [2.75, 3.05) is 12.3 Å². The highest BCUT2D eigenvalue weighted by Crippen LogP contribution is 2.14. The quantitative estimate of drug-likeness (QED) is 0.753. The van der Waals surface area contributed by atoms with E-state index in [4.69, 9.17) is 10.5 Å². The van der Waals surface area contributed by atoms with Gasteiger partial charge in [-0.05, 0) is 24.1 Å². The minimum absolute atomic E-state index is 0.276. The molecule has 0 spiro atoms. The first kappa shape index (κ1) is 11.0. The van der Waals surface area contributed by atoms with E-state index in [0.29, 0.717) is 30.4 Å². The van der Waals surface area contributed by atoms with Crippen molar-refractivity contribution >= 4 is 5.69 Å². The molecule has 0 unspecified atom stereocenters. The highest BCUT2D eigenvalue weighted by Gasteiger charge is 2.02. The second-order valence-electron chi connectivity index (χ2n) is 3.75. The molecule has 3 heteroatoms. The van der Waals surface area contributed by atoms with Crippen molar-refractivity contribution in [2.45, 2.75) is 20.5 Å². The molecule has 1 aromatic rings. The third-order valence-electron chi connectivity index (χ3n) is 1.81. The molecule has 0 saturated carbocycles. The third kappa shape index (κ3) is 3.34. The molecule has 0 bridgehead atoms. The summed E-state index contributed by atoms with van der Waals surface area (Å²) in [6.45, 7) is 5.17. The topological polar surface area (TPSA) is 35.2 Å². The van der Waals surface area contributed by atoms with Crippen molar-refractivity contribution in [3.05, 3.63) is 29.6 Å². The average Bonchev–Trinajstić information content (AvgIpc) is 2.10. The maximum atomic E-state index is 12.8. The van der Waals surface area contributed by atoms with Crippen LogP contribution < -0.4 is 5.73 Å². The number of halogens is 1. The summed E-state index contributed by atoms with van der Waals surface area (Å²) in [5, 5.41) is 0. The van der Waals surface area contributed by atoms with Crippen LogP contribution in [-0.4, -0.2) is 6.61 Å². The van der Waals surface area contributed by atoms with E-state index >= 15 is 0 Å². The average molecular weight is 197 g/mol. The largest absolute Gasteiger partial charge is 0.398 e. The minimum atomic E-state index is -0.276. The van der Waals surface area contributed by atoms with Gasteiger partial charge in [-0.15, -0.1) is 0 Å². The predicted molar refractivity (Wildman–Crippen MR) is 55.3 cm³/mol. The van der Waals surface area contributed by atoms with Gasteiger partial charge in [0, 0.05) is 17.9 Å². The van der Waals surface area contributed by atoms with Gasteiger partial charge >= 0.3 is 0 Å². The molecular weight excluding hydrogens is 181 g/mol. The Hall–Kier alpha value is -1.09. The van der Waals surface area contributed by atoms with Crippen LogP contribution in [0, 0.1) is 11.7 Å². The first-order chi connectivity index (χ1) is 6.59. The smallest absolute Gasteiger partial charge is 0.123 e. The number of benzene rings is 1. The molecular formula is C11H16FNO. The molecule has 1 rings (SSSR count). The first-order valence-corrected chi connectivity index (χ1v) is 4.71. The summed E-state index contributed by atoms with van der Waals surface area (Å²) in [7, 11) is 0. The van der Waals surface area contributed by atoms with Crippen LogP contribution in [0.5, 0.6) is 0 Å². The third-order valence-corrected chi connectivity index (χ3v) is 1.81. The monoisotopic (exact) mass is 197 g/mol. The second kappa shape index (κ2) is 4.96. The highest BCUT2D eigenvalue weighted by molar-refractivity contribution is 5.46. The molecule has 0 aromatic heterocycles. The number of rotatable bonds is 4. The highest BCUT2D eigenvalue weighted by atomic mass is 19.1. The normalized spacial score (nSPS) is 10.9. The van der Waals surface area contributed by atoms with Gasteiger partial charge in [0.25, 0.3) is 0 Å². The summed E-state index contributed by atoms with van der Waals surface area (Å²) in [4.78, 5) is 0. The van der Waals surface area contributed by atoms with Crippen LogP contribution in [0.1, 0.15) is 19.4 Å². The predicted octanol–water partition coefficient (Wildman–Crippen LogP) is 2.58. The molecule has 0 heterocycles. The lowest BCUT2D eigenvalue weighted by atomic mass is 10.2. The molecule has 0 aliphatic heterocycles. The van der Waals surface area contributed by atoms with Crippen molar-refractivity contribution in [2.24, 2.45) is 5.92 Å². The van der Waals surface area contributed by atoms with E-state index in [0.717, 1.165) is 0 Å². The lowest BCUT2D eigenvalue weighted by molar-refractivity contribution is 0.0973. The van der Waals surface area contributed by atoms with Crippen LogP contribution >= 0.6 is 0 Å². The molecule has 14 heavy (non-hydrogen) atoms. The summed E-state index contributed by atoms with van der Waals surface area (Å²) in [6.07, 6.45) is 0. The van der Waals surface area contributed by atoms with Crippen LogP contribution in [0.15, 0.2) is 18.2 Å². The number of hydrogen-bond donors (Lipinski definition) is 1. The molecule has 2 nitrogen and oxygen atoms in total. The van der Waals surface area contributed by atoms with Crippen LogP contribution in [0.2, 0.25) is 0 Å². The Morgan fingerprint density at radius 1 is 1.43 bits per heavy atom. The van der Waals surface area contributed by atoms with E-state index < -0.39 is 0 Å². The molecule has 78 valence electrons. The zero-order chi connectivity index (χ0) is 10.6. The Morgan fingerprint density at radius 2 is 2.14 bits per heavy atom. The van der Waals surface area contributed by atoms with E-state index in [1.165, 1.54) is 12.1 Å². The van der Waals surface area contributed by atoms with Gasteiger partial charge in [0.15, 0.2) is 0 Å². The van der Waals surface area contributed by atoms with Crippen LogP contribution in [0.3, 0.4) is 0 Å². The molecule has 0 aliphatic rings. The van der Waals surface area contributed by atoms with E-state index in [9.17, 15) is 4.39 Å². The summed E-state index contributed by atoms with van der Waals surface area (Å²) in [5.41, 5.74) is 6.95. The van der Waals surface area contributed by atoms with Crippen LogP contribution in [0.25, 0.3) is 0 Å². The lowest BCUT2D eigenvalue weighted by Gasteiger charge is -2.08. The SMILES string of the molecule is CC(C)COCc1cc(F)ccc1N. The zero-order valence-corrected chi connectivity index (χ0v) is 8.59. The summed E-state index contributed by atoms with van der Waals surface area (Å²) in [5.74, 6) is 0.201. The van der Waals surface area contributed by atoms with Gasteiger partial charge in [-0.3, -0.25) is 0 Å². The standard InChI is InChI=1S/C11H16FNO/c1-8(2)6-14-7-9-5-10(12)3-4-11(9)13/h3-5,8H,6-7,13H2,1-2H3. The van der Waals surface area contributed by atoms with Gasteiger partial charge < -0.3 is 10.5 Å². The lowest BCUT2D eigenvalue weighted by Crippen LogP contribution is -2.04. The van der Waals surface area contributed by atoms with Gasteiger partial charge in [-0.25, -0.2) is 4.39 Å². The number of anilines is 1. The van der Waals surface area contributed by atoms with Crippen molar-refractivity contribution in [1.82, 2.24) is 0 Å². The first-order valence-electron chi connectivity index (χ1n) is 4.71. The molecule has 0 atom stereocenters. The fourth-order valence-corrected chi connectivity index (χ4v) is 1.10. The Bertz CT molecular complexity index is 299. The summed E-state index contributed by atoms with van der Waals surface area (Å²) in [6, 6.07) is 4.32. The van der Waals surface area contributed by atoms with Gasteiger partial charge in [-0.1, -0.05) is 13.8 Å². The minimum Gasteiger partial charge on any atom is -0.398 e. The number of nitrogens with two attached hydrogens (primary N) is 1. The van der Waals surface area contributed by atoms with E-state index in [-0.39, 0.29) is 5.82 Å². The fraction of sp³-hybridized carbons (Fsp3) is 0.455. The Labute approximate surface area is 83.9 Å². The fourth-order valence-electron chi connectivity index (χ4n) is 1.10. The maximum Gasteiger partial charge on any atom is 0.123 e. The van der Waals surface area contributed by atoms with Crippen LogP contribution in [0.4, 0.5) is 10.1 Å². The van der Waals surface area contributed by atoms with Gasteiger partial charge in [-0.2, -0.15) is 0 Å². The van der Waals surface area contributed by atoms with Crippen LogP contribution in [-0.2, 0) is 11.3 Å². The van der Waals surface area contributed by atoms with Crippen molar-refractivity contribution in [3.8, 4) is 0 Å². The van der Waals surface area contributed by atoms with E-state index in [1.807, 2.05) is 0 Å². The molecule has 1 aromatic carbocycles. The van der Waals surface area contributed by atoms with Gasteiger partial charge in [0.05, 0.1) is 6.61 Å². The van der Waals surface area contributed by atoms with Crippen molar-refractivity contribution in [3.63, 3.8) is 0 Å². The molecule has 0 amide bonds. The number of ether oxygens (including phenoxy) is 1. The Kier molecular flexibility index (Phi) is 3.89. The maximum absolute atomic E-state index is 12.8. The molecule has 2 N–H and O–H groups in total. The van der Waals surface area contributed by atoms with Crippen molar-refractivity contribution in [1.29, 1.82) is 0 Å². The molecule has 0 fully saturated rings. The number of hydrogen-bond acceptors (Lipinski definition) is 2.